The second-order valence-corrected chi connectivity index (χ2v) is 4.52. The number of amides is 1. The van der Waals surface area contributed by atoms with E-state index in [1.165, 1.54) is 0 Å². The van der Waals surface area contributed by atoms with Gasteiger partial charge in [-0.2, -0.15) is 0 Å². The lowest BCUT2D eigenvalue weighted by Crippen LogP contribution is -2.24. The molecule has 0 spiro atoms. The summed E-state index contributed by atoms with van der Waals surface area (Å²) in [6.45, 7) is 7.72. The molecular formula is C14H17N3O2. The van der Waals surface area contributed by atoms with Crippen LogP contribution in [0.2, 0.25) is 0 Å². The number of carbonyl (C=O) groups is 1. The molecule has 0 atom stereocenters. The van der Waals surface area contributed by atoms with Crippen LogP contribution in [0.25, 0.3) is 0 Å². The van der Waals surface area contributed by atoms with Crippen molar-refractivity contribution in [1.82, 2.24) is 15.3 Å². The van der Waals surface area contributed by atoms with E-state index in [1.807, 2.05) is 33.8 Å². The highest BCUT2D eigenvalue weighted by Crippen LogP contribution is 2.09. The number of oxazole rings is 1. The topological polar surface area (TPSA) is 68.0 Å². The lowest BCUT2D eigenvalue weighted by molar-refractivity contribution is 0.0946. The van der Waals surface area contributed by atoms with Gasteiger partial charge in [0.15, 0.2) is 0 Å². The van der Waals surface area contributed by atoms with Gasteiger partial charge in [0.1, 0.15) is 5.76 Å². The molecule has 2 aromatic rings. The molecule has 1 N–H and O–H groups in total. The van der Waals surface area contributed by atoms with Gasteiger partial charge in [-0.3, -0.25) is 9.78 Å². The first kappa shape index (κ1) is 13.3. The number of nitrogens with one attached hydrogen (secondary N) is 1. The number of pyridine rings is 1. The van der Waals surface area contributed by atoms with Crippen molar-refractivity contribution in [2.24, 2.45) is 0 Å². The smallest absolute Gasteiger partial charge is 0.253 e. The maximum absolute atomic E-state index is 12.0. The van der Waals surface area contributed by atoms with Gasteiger partial charge in [-0.1, -0.05) is 0 Å². The number of rotatable bonds is 3. The van der Waals surface area contributed by atoms with Crippen molar-refractivity contribution in [3.63, 3.8) is 0 Å². The van der Waals surface area contributed by atoms with Gasteiger partial charge < -0.3 is 9.73 Å². The Bertz CT molecular complexity index is 598. The third-order valence-corrected chi connectivity index (χ3v) is 2.94. The van der Waals surface area contributed by atoms with E-state index in [2.05, 4.69) is 15.3 Å². The van der Waals surface area contributed by atoms with Crippen LogP contribution in [-0.4, -0.2) is 15.9 Å². The maximum atomic E-state index is 12.0. The third-order valence-electron chi connectivity index (χ3n) is 2.94. The SMILES string of the molecule is Cc1ccc(C(=O)NCc2nc(C)c(C)o2)c(C)n1. The molecule has 0 aromatic carbocycles. The molecule has 0 fully saturated rings. The molecular weight excluding hydrogens is 242 g/mol. The average Bonchev–Trinajstić information content (AvgIpc) is 2.66. The molecule has 100 valence electrons. The second kappa shape index (κ2) is 5.22. The number of hydrogen-bond donors (Lipinski definition) is 1. The predicted molar refractivity (Wildman–Crippen MR) is 70.9 cm³/mol. The van der Waals surface area contributed by atoms with Crippen molar-refractivity contribution in [2.75, 3.05) is 0 Å². The molecule has 0 unspecified atom stereocenters. The Hall–Kier alpha value is -2.17. The first-order valence-corrected chi connectivity index (χ1v) is 6.12. The highest BCUT2D eigenvalue weighted by molar-refractivity contribution is 5.95. The zero-order chi connectivity index (χ0) is 14.0. The minimum atomic E-state index is -0.168. The molecule has 1 amide bonds. The zero-order valence-corrected chi connectivity index (χ0v) is 11.6. The van der Waals surface area contributed by atoms with E-state index in [4.69, 9.17) is 4.42 Å². The molecule has 5 nitrogen and oxygen atoms in total. The first-order valence-electron chi connectivity index (χ1n) is 6.12. The van der Waals surface area contributed by atoms with Gasteiger partial charge in [0, 0.05) is 5.69 Å². The van der Waals surface area contributed by atoms with Gasteiger partial charge in [-0.05, 0) is 39.8 Å². The molecule has 0 saturated heterocycles. The van der Waals surface area contributed by atoms with Crippen LogP contribution in [0.1, 0.15) is 39.1 Å². The number of aromatic nitrogens is 2. The lowest BCUT2D eigenvalue weighted by Gasteiger charge is -2.06. The van der Waals surface area contributed by atoms with Crippen molar-refractivity contribution in [3.8, 4) is 0 Å². The molecule has 0 aliphatic carbocycles. The third kappa shape index (κ3) is 2.99. The fraction of sp³-hybridized carbons (Fsp3) is 0.357. The van der Waals surface area contributed by atoms with Crippen molar-refractivity contribution in [1.29, 1.82) is 0 Å². The molecule has 0 aliphatic rings. The van der Waals surface area contributed by atoms with Crippen molar-refractivity contribution < 1.29 is 9.21 Å². The number of carbonyl (C=O) groups excluding carboxylic acids is 1. The summed E-state index contributed by atoms with van der Waals surface area (Å²) in [6, 6.07) is 3.60. The van der Waals surface area contributed by atoms with Gasteiger partial charge in [-0.15, -0.1) is 0 Å². The van der Waals surface area contributed by atoms with E-state index in [0.717, 1.165) is 22.8 Å². The van der Waals surface area contributed by atoms with Gasteiger partial charge in [0.05, 0.1) is 23.5 Å². The Balaban J connectivity index is 2.05. The largest absolute Gasteiger partial charge is 0.444 e. The zero-order valence-electron chi connectivity index (χ0n) is 11.6. The molecule has 5 heteroatoms. The lowest BCUT2D eigenvalue weighted by atomic mass is 10.2. The standard InChI is InChI=1S/C14H17N3O2/c1-8-5-6-12(10(3)16-8)14(18)15-7-13-17-9(2)11(4)19-13/h5-6H,7H2,1-4H3,(H,15,18). The van der Waals surface area contributed by atoms with E-state index in [1.54, 1.807) is 6.07 Å². The maximum Gasteiger partial charge on any atom is 0.253 e. The van der Waals surface area contributed by atoms with E-state index < -0.39 is 0 Å². The summed E-state index contributed by atoms with van der Waals surface area (Å²) in [7, 11) is 0. The average molecular weight is 259 g/mol. The van der Waals surface area contributed by atoms with Crippen molar-refractivity contribution >= 4 is 5.91 Å². The van der Waals surface area contributed by atoms with Crippen LogP contribution in [0, 0.1) is 27.7 Å². The molecule has 2 aromatic heterocycles. The van der Waals surface area contributed by atoms with Gasteiger partial charge in [0.2, 0.25) is 5.89 Å². The second-order valence-electron chi connectivity index (χ2n) is 4.52. The fourth-order valence-electron chi connectivity index (χ4n) is 1.79. The van der Waals surface area contributed by atoms with Crippen LogP contribution in [0.15, 0.2) is 16.5 Å². The van der Waals surface area contributed by atoms with Crippen LogP contribution in [0.3, 0.4) is 0 Å². The molecule has 2 rings (SSSR count). The Labute approximate surface area is 112 Å². The monoisotopic (exact) mass is 259 g/mol. The van der Waals surface area contributed by atoms with Gasteiger partial charge in [0.25, 0.3) is 5.91 Å². The Morgan fingerprint density at radius 3 is 2.47 bits per heavy atom. The minimum absolute atomic E-state index is 0.168. The summed E-state index contributed by atoms with van der Waals surface area (Å²) < 4.78 is 5.41. The van der Waals surface area contributed by atoms with Crippen molar-refractivity contribution in [2.45, 2.75) is 34.2 Å². The summed E-state index contributed by atoms with van der Waals surface area (Å²) in [5.41, 5.74) is 3.04. The van der Waals surface area contributed by atoms with Crippen LogP contribution >= 0.6 is 0 Å². The Kier molecular flexibility index (Phi) is 3.64. The van der Waals surface area contributed by atoms with E-state index in [9.17, 15) is 4.79 Å². The molecule has 0 aliphatic heterocycles. The highest BCUT2D eigenvalue weighted by Gasteiger charge is 2.11. The molecule has 0 saturated carbocycles. The molecule has 0 bridgehead atoms. The van der Waals surface area contributed by atoms with Crippen molar-refractivity contribution in [3.05, 3.63) is 46.4 Å². The summed E-state index contributed by atoms with van der Waals surface area (Å²) in [4.78, 5) is 20.5. The quantitative estimate of drug-likeness (QED) is 0.917. The van der Waals surface area contributed by atoms with E-state index >= 15 is 0 Å². The van der Waals surface area contributed by atoms with Crippen LogP contribution in [-0.2, 0) is 6.54 Å². The molecule has 0 radical (unpaired) electrons. The highest BCUT2D eigenvalue weighted by atomic mass is 16.4. The number of hydrogen-bond acceptors (Lipinski definition) is 4. The molecule has 2 heterocycles. The predicted octanol–water partition coefficient (Wildman–Crippen LogP) is 2.23. The van der Waals surface area contributed by atoms with Crippen LogP contribution < -0.4 is 5.32 Å². The number of aryl methyl sites for hydroxylation is 4. The minimum Gasteiger partial charge on any atom is -0.444 e. The Morgan fingerprint density at radius 2 is 1.89 bits per heavy atom. The summed E-state index contributed by atoms with van der Waals surface area (Å²) in [5, 5.41) is 2.78. The van der Waals surface area contributed by atoms with Gasteiger partial charge >= 0.3 is 0 Å². The normalized spacial score (nSPS) is 10.5. The molecule has 19 heavy (non-hydrogen) atoms. The summed E-state index contributed by atoms with van der Waals surface area (Å²) in [6.07, 6.45) is 0. The number of nitrogens with zero attached hydrogens (tertiary/aromatic N) is 2. The van der Waals surface area contributed by atoms with Gasteiger partial charge in [-0.25, -0.2) is 4.98 Å². The van der Waals surface area contributed by atoms with Crippen LogP contribution in [0.5, 0.6) is 0 Å². The van der Waals surface area contributed by atoms with Crippen LogP contribution in [0.4, 0.5) is 0 Å². The van der Waals surface area contributed by atoms with E-state index in [-0.39, 0.29) is 12.5 Å². The Morgan fingerprint density at radius 1 is 1.16 bits per heavy atom. The summed E-state index contributed by atoms with van der Waals surface area (Å²) in [5.74, 6) is 1.12. The first-order chi connectivity index (χ1) is 8.97. The fourth-order valence-corrected chi connectivity index (χ4v) is 1.79. The summed E-state index contributed by atoms with van der Waals surface area (Å²) >= 11 is 0. The van der Waals surface area contributed by atoms with E-state index in [0.29, 0.717) is 11.5 Å².